The number of hydrogen-bond donors (Lipinski definition) is 0. The standard InChI is InChI=1S/C15H20N2O5/c1-4-15(2)10-22-9-8-16(15)14(18)11-6-5-7-12(21-3)13(11)17(19)20/h5-7H,4,8-10H2,1-3H3/t15-/m0/s1. The molecule has 0 bridgehead atoms. The average Bonchev–Trinajstić information content (AvgIpc) is 2.53. The van der Waals surface area contributed by atoms with Gasteiger partial charge < -0.3 is 14.4 Å². The van der Waals surface area contributed by atoms with E-state index in [1.165, 1.54) is 19.2 Å². The van der Waals surface area contributed by atoms with Crippen molar-refractivity contribution in [1.82, 2.24) is 4.90 Å². The molecule has 1 saturated heterocycles. The summed E-state index contributed by atoms with van der Waals surface area (Å²) in [6.45, 7) is 5.16. The summed E-state index contributed by atoms with van der Waals surface area (Å²) in [6, 6.07) is 4.53. The molecule has 2 rings (SSSR count). The third kappa shape index (κ3) is 2.76. The largest absolute Gasteiger partial charge is 0.490 e. The molecule has 0 saturated carbocycles. The Balaban J connectivity index is 2.47. The summed E-state index contributed by atoms with van der Waals surface area (Å²) in [7, 11) is 1.35. The highest BCUT2D eigenvalue weighted by Gasteiger charge is 2.39. The highest BCUT2D eigenvalue weighted by atomic mass is 16.6. The Bertz CT molecular complexity index is 589. The van der Waals surface area contributed by atoms with E-state index in [4.69, 9.17) is 9.47 Å². The van der Waals surface area contributed by atoms with Crippen LogP contribution < -0.4 is 4.74 Å². The molecule has 0 aliphatic carbocycles. The summed E-state index contributed by atoms with van der Waals surface area (Å²) < 4.78 is 10.5. The number of nitro benzene ring substituents is 1. The van der Waals surface area contributed by atoms with Crippen LogP contribution in [0.3, 0.4) is 0 Å². The molecule has 1 atom stereocenters. The molecule has 120 valence electrons. The molecule has 1 aromatic carbocycles. The number of rotatable bonds is 4. The zero-order valence-electron chi connectivity index (χ0n) is 13.0. The number of benzene rings is 1. The summed E-state index contributed by atoms with van der Waals surface area (Å²) in [6.07, 6.45) is 0.705. The lowest BCUT2D eigenvalue weighted by atomic mass is 9.94. The fourth-order valence-corrected chi connectivity index (χ4v) is 2.63. The van der Waals surface area contributed by atoms with E-state index in [2.05, 4.69) is 0 Å². The first-order valence-corrected chi connectivity index (χ1v) is 7.15. The normalized spacial score (nSPS) is 21.5. The summed E-state index contributed by atoms with van der Waals surface area (Å²) in [4.78, 5) is 25.3. The van der Waals surface area contributed by atoms with Crippen molar-refractivity contribution in [1.29, 1.82) is 0 Å². The Morgan fingerprint density at radius 3 is 2.86 bits per heavy atom. The van der Waals surface area contributed by atoms with E-state index in [1.54, 1.807) is 11.0 Å². The van der Waals surface area contributed by atoms with E-state index in [9.17, 15) is 14.9 Å². The molecular weight excluding hydrogens is 288 g/mol. The first-order chi connectivity index (χ1) is 10.4. The van der Waals surface area contributed by atoms with Crippen molar-refractivity contribution in [3.05, 3.63) is 33.9 Å². The summed E-state index contributed by atoms with van der Waals surface area (Å²) >= 11 is 0. The molecule has 22 heavy (non-hydrogen) atoms. The van der Waals surface area contributed by atoms with Crippen molar-refractivity contribution in [2.24, 2.45) is 0 Å². The predicted molar refractivity (Wildman–Crippen MR) is 80.2 cm³/mol. The van der Waals surface area contributed by atoms with Crippen LogP contribution in [0, 0.1) is 10.1 Å². The van der Waals surface area contributed by atoms with E-state index < -0.39 is 10.5 Å². The number of carbonyl (C=O) groups is 1. The number of para-hydroxylation sites is 1. The third-order valence-electron chi connectivity index (χ3n) is 4.16. The Hall–Kier alpha value is -2.15. The van der Waals surface area contributed by atoms with Crippen LogP contribution in [0.4, 0.5) is 5.69 Å². The number of hydrogen-bond acceptors (Lipinski definition) is 5. The lowest BCUT2D eigenvalue weighted by Gasteiger charge is -2.44. The van der Waals surface area contributed by atoms with Crippen LogP contribution in [0.5, 0.6) is 5.75 Å². The fraction of sp³-hybridized carbons (Fsp3) is 0.533. The lowest BCUT2D eigenvalue weighted by molar-refractivity contribution is -0.386. The summed E-state index contributed by atoms with van der Waals surface area (Å²) in [5.41, 5.74) is -0.711. The van der Waals surface area contributed by atoms with Gasteiger partial charge in [-0.05, 0) is 25.5 Å². The highest BCUT2D eigenvalue weighted by molar-refractivity contribution is 5.99. The third-order valence-corrected chi connectivity index (χ3v) is 4.16. The molecule has 1 aromatic rings. The van der Waals surface area contributed by atoms with Gasteiger partial charge in [0.05, 0.1) is 30.8 Å². The second kappa shape index (κ2) is 6.31. The minimum atomic E-state index is -0.574. The zero-order valence-corrected chi connectivity index (χ0v) is 13.0. The second-order valence-electron chi connectivity index (χ2n) is 5.47. The SMILES string of the molecule is CC[C@@]1(C)COCCN1C(=O)c1cccc(OC)c1[N+](=O)[O-]. The lowest BCUT2D eigenvalue weighted by Crippen LogP contribution is -2.57. The quantitative estimate of drug-likeness (QED) is 0.629. The second-order valence-corrected chi connectivity index (χ2v) is 5.47. The number of amides is 1. The van der Waals surface area contributed by atoms with Crippen LogP contribution in [0.2, 0.25) is 0 Å². The number of methoxy groups -OCH3 is 1. The molecule has 1 fully saturated rings. The Morgan fingerprint density at radius 2 is 2.27 bits per heavy atom. The first kappa shape index (κ1) is 16.2. The van der Waals surface area contributed by atoms with Gasteiger partial charge in [0, 0.05) is 6.54 Å². The van der Waals surface area contributed by atoms with Gasteiger partial charge in [-0.15, -0.1) is 0 Å². The Labute approximate surface area is 129 Å². The van der Waals surface area contributed by atoms with Crippen LogP contribution in [0.15, 0.2) is 18.2 Å². The number of morpholine rings is 1. The zero-order chi connectivity index (χ0) is 16.3. The van der Waals surface area contributed by atoms with Gasteiger partial charge in [0.15, 0.2) is 5.75 Å². The van der Waals surface area contributed by atoms with Crippen molar-refractivity contribution in [2.45, 2.75) is 25.8 Å². The van der Waals surface area contributed by atoms with E-state index >= 15 is 0 Å². The Kier molecular flexibility index (Phi) is 4.65. The van der Waals surface area contributed by atoms with Crippen LogP contribution in [-0.4, -0.2) is 48.1 Å². The molecule has 0 spiro atoms. The van der Waals surface area contributed by atoms with Gasteiger partial charge in [-0.3, -0.25) is 14.9 Å². The van der Waals surface area contributed by atoms with Crippen LogP contribution in [0.25, 0.3) is 0 Å². The van der Waals surface area contributed by atoms with E-state index in [-0.39, 0.29) is 22.9 Å². The first-order valence-electron chi connectivity index (χ1n) is 7.15. The minimum absolute atomic E-state index is 0.0472. The van der Waals surface area contributed by atoms with Gasteiger partial charge in [0.2, 0.25) is 0 Å². The van der Waals surface area contributed by atoms with Gasteiger partial charge in [-0.1, -0.05) is 13.0 Å². The maximum Gasteiger partial charge on any atom is 0.323 e. The van der Waals surface area contributed by atoms with Crippen molar-refractivity contribution >= 4 is 11.6 Å². The van der Waals surface area contributed by atoms with E-state index in [0.29, 0.717) is 26.2 Å². The molecule has 0 N–H and O–H groups in total. The molecule has 0 aromatic heterocycles. The number of carbonyl (C=O) groups excluding carboxylic acids is 1. The van der Waals surface area contributed by atoms with Crippen molar-refractivity contribution < 1.29 is 19.2 Å². The summed E-state index contributed by atoms with van der Waals surface area (Å²) in [5.74, 6) is -0.277. The summed E-state index contributed by atoms with van der Waals surface area (Å²) in [5, 5.41) is 11.3. The minimum Gasteiger partial charge on any atom is -0.490 e. The molecule has 1 aliphatic heterocycles. The fourth-order valence-electron chi connectivity index (χ4n) is 2.63. The van der Waals surface area contributed by atoms with Crippen molar-refractivity contribution in [2.75, 3.05) is 26.9 Å². The molecular formula is C15H20N2O5. The molecule has 0 unspecified atom stereocenters. The monoisotopic (exact) mass is 308 g/mol. The van der Waals surface area contributed by atoms with Crippen LogP contribution >= 0.6 is 0 Å². The van der Waals surface area contributed by atoms with Gasteiger partial charge >= 0.3 is 5.69 Å². The van der Waals surface area contributed by atoms with Crippen LogP contribution in [-0.2, 0) is 4.74 Å². The molecule has 7 nitrogen and oxygen atoms in total. The van der Waals surface area contributed by atoms with E-state index in [1.807, 2.05) is 13.8 Å². The average molecular weight is 308 g/mol. The van der Waals surface area contributed by atoms with Crippen molar-refractivity contribution in [3.63, 3.8) is 0 Å². The molecule has 1 amide bonds. The number of nitro groups is 1. The van der Waals surface area contributed by atoms with Crippen molar-refractivity contribution in [3.8, 4) is 5.75 Å². The number of ether oxygens (including phenoxy) is 2. The van der Waals surface area contributed by atoms with Gasteiger partial charge in [-0.25, -0.2) is 0 Å². The van der Waals surface area contributed by atoms with E-state index in [0.717, 1.165) is 0 Å². The molecule has 1 aliphatic rings. The predicted octanol–water partition coefficient (Wildman–Crippen LogP) is 2.24. The Morgan fingerprint density at radius 1 is 1.55 bits per heavy atom. The van der Waals surface area contributed by atoms with Crippen LogP contribution in [0.1, 0.15) is 30.6 Å². The van der Waals surface area contributed by atoms with Gasteiger partial charge in [-0.2, -0.15) is 0 Å². The highest BCUT2D eigenvalue weighted by Crippen LogP contribution is 2.34. The van der Waals surface area contributed by atoms with Gasteiger partial charge in [0.1, 0.15) is 5.56 Å². The number of nitrogens with zero attached hydrogens (tertiary/aromatic N) is 2. The van der Waals surface area contributed by atoms with Gasteiger partial charge in [0.25, 0.3) is 5.91 Å². The molecule has 0 radical (unpaired) electrons. The maximum absolute atomic E-state index is 12.9. The maximum atomic E-state index is 12.9. The smallest absolute Gasteiger partial charge is 0.323 e. The molecule has 1 heterocycles. The molecule has 7 heteroatoms. The topological polar surface area (TPSA) is 81.9 Å².